The first-order chi connectivity index (χ1) is 6.97. The van der Waals surface area contributed by atoms with E-state index in [0.29, 0.717) is 10.6 Å². The summed E-state index contributed by atoms with van der Waals surface area (Å²) in [5, 5.41) is 19.9. The van der Waals surface area contributed by atoms with E-state index in [0.717, 1.165) is 11.1 Å². The van der Waals surface area contributed by atoms with Crippen molar-refractivity contribution >= 4 is 23.2 Å². The predicted molar refractivity (Wildman–Crippen MR) is 62.6 cm³/mol. The summed E-state index contributed by atoms with van der Waals surface area (Å²) in [5.41, 5.74) is 2.41. The molecule has 0 bridgehead atoms. The van der Waals surface area contributed by atoms with Gasteiger partial charge in [0.15, 0.2) is 0 Å². The molecule has 0 aliphatic heterocycles. The van der Waals surface area contributed by atoms with Crippen LogP contribution in [0.5, 0.6) is 0 Å². The van der Waals surface area contributed by atoms with Gasteiger partial charge in [0.1, 0.15) is 6.10 Å². The molecule has 2 unspecified atom stereocenters. The van der Waals surface area contributed by atoms with Crippen LogP contribution in [-0.4, -0.2) is 22.2 Å². The fraction of sp³-hybridized carbons (Fsp3) is 0.455. The topological polar surface area (TPSA) is 40.5 Å². The smallest absolute Gasteiger partial charge is 0.106 e. The third kappa shape index (κ3) is 2.85. The minimum atomic E-state index is -0.961. The molecule has 84 valence electrons. The summed E-state index contributed by atoms with van der Waals surface area (Å²) in [6.07, 6.45) is -1.91. The van der Waals surface area contributed by atoms with Crippen molar-refractivity contribution in [3.05, 3.63) is 33.8 Å². The van der Waals surface area contributed by atoms with Crippen molar-refractivity contribution in [3.63, 3.8) is 0 Å². The summed E-state index contributed by atoms with van der Waals surface area (Å²) in [4.78, 5) is 0. The first kappa shape index (κ1) is 12.8. The van der Waals surface area contributed by atoms with Crippen LogP contribution in [0.15, 0.2) is 12.1 Å². The third-order valence-electron chi connectivity index (χ3n) is 2.32. The highest BCUT2D eigenvalue weighted by Gasteiger charge is 2.18. The second kappa shape index (κ2) is 5.17. The van der Waals surface area contributed by atoms with Crippen LogP contribution < -0.4 is 0 Å². The summed E-state index contributed by atoms with van der Waals surface area (Å²) < 4.78 is 0. The van der Waals surface area contributed by atoms with Crippen LogP contribution >= 0.6 is 23.2 Å². The van der Waals surface area contributed by atoms with E-state index in [4.69, 9.17) is 23.2 Å². The second-order valence-electron chi connectivity index (χ2n) is 3.64. The lowest BCUT2D eigenvalue weighted by molar-refractivity contribution is 0.0326. The van der Waals surface area contributed by atoms with Crippen LogP contribution in [0.2, 0.25) is 5.02 Å². The van der Waals surface area contributed by atoms with Gasteiger partial charge in [-0.1, -0.05) is 23.7 Å². The number of rotatable bonds is 3. The molecule has 0 saturated carbocycles. The molecule has 0 heterocycles. The maximum atomic E-state index is 9.75. The molecule has 2 atom stereocenters. The number of aryl methyl sites for hydroxylation is 2. The second-order valence-corrected chi connectivity index (χ2v) is 4.32. The van der Waals surface area contributed by atoms with Gasteiger partial charge in [0.05, 0.1) is 12.0 Å². The van der Waals surface area contributed by atoms with Crippen molar-refractivity contribution in [1.29, 1.82) is 0 Å². The van der Waals surface area contributed by atoms with Crippen LogP contribution in [0, 0.1) is 13.8 Å². The summed E-state index contributed by atoms with van der Waals surface area (Å²) in [6, 6.07) is 3.52. The molecule has 1 rings (SSSR count). The summed E-state index contributed by atoms with van der Waals surface area (Å²) in [5.74, 6) is 0.00187. The normalized spacial score (nSPS) is 15.1. The first-order valence-corrected chi connectivity index (χ1v) is 5.57. The Hall–Kier alpha value is -0.280. The number of benzene rings is 1. The van der Waals surface area contributed by atoms with Gasteiger partial charge < -0.3 is 10.2 Å². The lowest BCUT2D eigenvalue weighted by Gasteiger charge is -2.17. The Kier molecular flexibility index (Phi) is 4.41. The Morgan fingerprint density at radius 3 is 2.07 bits per heavy atom. The molecule has 1 aromatic carbocycles. The molecule has 2 N–H and O–H groups in total. The van der Waals surface area contributed by atoms with Crippen molar-refractivity contribution in [1.82, 2.24) is 0 Å². The van der Waals surface area contributed by atoms with Gasteiger partial charge in [-0.15, -0.1) is 11.6 Å². The van der Waals surface area contributed by atoms with Crippen molar-refractivity contribution in [2.45, 2.75) is 26.1 Å². The lowest BCUT2D eigenvalue weighted by Crippen LogP contribution is -2.19. The molecule has 0 radical (unpaired) electrons. The first-order valence-electron chi connectivity index (χ1n) is 4.66. The number of hydrogen-bond donors (Lipinski definition) is 2. The largest absolute Gasteiger partial charge is 0.389 e. The van der Waals surface area contributed by atoms with Crippen molar-refractivity contribution in [3.8, 4) is 0 Å². The van der Waals surface area contributed by atoms with Crippen molar-refractivity contribution < 1.29 is 10.2 Å². The molecule has 0 aliphatic rings. The van der Waals surface area contributed by atoms with Gasteiger partial charge in [-0.05, 0) is 30.5 Å². The molecule has 0 saturated heterocycles. The van der Waals surface area contributed by atoms with Crippen LogP contribution in [0.25, 0.3) is 0 Å². The van der Waals surface area contributed by atoms with Gasteiger partial charge >= 0.3 is 0 Å². The SMILES string of the molecule is Cc1cc(C(O)C(O)CCl)cc(C)c1Cl. The fourth-order valence-electron chi connectivity index (χ4n) is 1.46. The predicted octanol–water partition coefficient (Wildman–Crippen LogP) is 2.59. The number of aliphatic hydroxyl groups is 2. The zero-order valence-corrected chi connectivity index (χ0v) is 10.2. The van der Waals surface area contributed by atoms with Gasteiger partial charge in [0.2, 0.25) is 0 Å². The summed E-state index contributed by atoms with van der Waals surface area (Å²) in [7, 11) is 0. The highest BCUT2D eigenvalue weighted by atomic mass is 35.5. The number of halogens is 2. The van der Waals surface area contributed by atoms with E-state index in [2.05, 4.69) is 0 Å². The van der Waals surface area contributed by atoms with E-state index in [-0.39, 0.29) is 5.88 Å². The molecular formula is C11H14Cl2O2. The van der Waals surface area contributed by atoms with Crippen molar-refractivity contribution in [2.24, 2.45) is 0 Å². The monoisotopic (exact) mass is 248 g/mol. The minimum absolute atomic E-state index is 0.00187. The molecule has 2 nitrogen and oxygen atoms in total. The fourth-order valence-corrected chi connectivity index (χ4v) is 1.73. The highest BCUT2D eigenvalue weighted by Crippen LogP contribution is 2.26. The zero-order valence-electron chi connectivity index (χ0n) is 8.67. The Balaban J connectivity index is 3.06. The number of hydrogen-bond acceptors (Lipinski definition) is 2. The number of alkyl halides is 1. The molecule has 0 spiro atoms. The highest BCUT2D eigenvalue weighted by molar-refractivity contribution is 6.32. The molecule has 1 aromatic rings. The third-order valence-corrected chi connectivity index (χ3v) is 3.24. The van der Waals surface area contributed by atoms with E-state index in [1.165, 1.54) is 0 Å². The quantitative estimate of drug-likeness (QED) is 0.808. The lowest BCUT2D eigenvalue weighted by atomic mass is 10.0. The molecule has 0 amide bonds. The number of aliphatic hydroxyl groups excluding tert-OH is 2. The maximum absolute atomic E-state index is 9.75. The summed E-state index contributed by atoms with van der Waals surface area (Å²) in [6.45, 7) is 3.72. The minimum Gasteiger partial charge on any atom is -0.389 e. The van der Waals surface area contributed by atoms with E-state index in [9.17, 15) is 10.2 Å². The van der Waals surface area contributed by atoms with Gasteiger partial charge in [0, 0.05) is 5.02 Å². The van der Waals surface area contributed by atoms with E-state index in [1.807, 2.05) is 13.8 Å². The van der Waals surface area contributed by atoms with Crippen LogP contribution in [-0.2, 0) is 0 Å². The molecule has 0 aromatic heterocycles. The zero-order chi connectivity index (χ0) is 11.6. The molecule has 0 aliphatic carbocycles. The Bertz CT molecular complexity index is 329. The molecule has 15 heavy (non-hydrogen) atoms. The Morgan fingerprint density at radius 1 is 1.20 bits per heavy atom. The standard InChI is InChI=1S/C11H14Cl2O2/c1-6-3-8(4-7(2)10(6)13)11(15)9(14)5-12/h3-4,9,11,14-15H,5H2,1-2H3. The average Bonchev–Trinajstić information content (AvgIpc) is 2.23. The van der Waals surface area contributed by atoms with Gasteiger partial charge in [-0.2, -0.15) is 0 Å². The molecule has 4 heteroatoms. The van der Waals surface area contributed by atoms with E-state index < -0.39 is 12.2 Å². The van der Waals surface area contributed by atoms with Gasteiger partial charge in [0.25, 0.3) is 0 Å². The molecule has 0 fully saturated rings. The van der Waals surface area contributed by atoms with Crippen LogP contribution in [0.4, 0.5) is 0 Å². The van der Waals surface area contributed by atoms with E-state index >= 15 is 0 Å². The Labute approximate surface area is 99.5 Å². The van der Waals surface area contributed by atoms with E-state index in [1.54, 1.807) is 12.1 Å². The molecular weight excluding hydrogens is 235 g/mol. The van der Waals surface area contributed by atoms with Crippen LogP contribution in [0.3, 0.4) is 0 Å². The average molecular weight is 249 g/mol. The maximum Gasteiger partial charge on any atom is 0.106 e. The summed E-state index contributed by atoms with van der Waals surface area (Å²) >= 11 is 11.5. The Morgan fingerprint density at radius 2 is 1.67 bits per heavy atom. The van der Waals surface area contributed by atoms with Gasteiger partial charge in [-0.3, -0.25) is 0 Å². The van der Waals surface area contributed by atoms with Gasteiger partial charge in [-0.25, -0.2) is 0 Å². The van der Waals surface area contributed by atoms with Crippen LogP contribution in [0.1, 0.15) is 22.8 Å². The van der Waals surface area contributed by atoms with Crippen molar-refractivity contribution in [2.75, 3.05) is 5.88 Å².